The van der Waals surface area contributed by atoms with Crippen LogP contribution in [0.25, 0.3) is 0 Å². The van der Waals surface area contributed by atoms with Gasteiger partial charge in [-0.1, -0.05) is 0 Å². The number of rotatable bonds is 4. The normalized spacial score (nSPS) is 10.0. The van der Waals surface area contributed by atoms with Gasteiger partial charge in [0, 0.05) is 27.1 Å². The van der Waals surface area contributed by atoms with E-state index in [0.29, 0.717) is 11.6 Å². The third kappa shape index (κ3) is 2.68. The van der Waals surface area contributed by atoms with E-state index < -0.39 is 0 Å². The predicted octanol–water partition coefficient (Wildman–Crippen LogP) is 1.31. The molecule has 0 radical (unpaired) electrons. The van der Waals surface area contributed by atoms with Crippen LogP contribution in [0.4, 0.5) is 11.6 Å². The minimum Gasteiger partial charge on any atom is -0.341 e. The Morgan fingerprint density at radius 3 is 2.12 bits per heavy atom. The number of carbonyl (C=O) groups excluding carboxylic acids is 1. The first kappa shape index (κ1) is 12.4. The summed E-state index contributed by atoms with van der Waals surface area (Å²) in [7, 11) is 1.71. The lowest BCUT2D eigenvalue weighted by Gasteiger charge is -2.19. The van der Waals surface area contributed by atoms with Crippen molar-refractivity contribution in [2.24, 2.45) is 0 Å². The zero-order chi connectivity index (χ0) is 12.1. The Balaban J connectivity index is 2.86. The molecule has 0 saturated heterocycles. The van der Waals surface area contributed by atoms with Crippen molar-refractivity contribution in [2.75, 3.05) is 29.9 Å². The Kier molecular flexibility index (Phi) is 4.22. The van der Waals surface area contributed by atoms with Crippen molar-refractivity contribution in [1.82, 2.24) is 9.97 Å². The Hall–Kier alpha value is -1.65. The van der Waals surface area contributed by atoms with Gasteiger partial charge in [0.15, 0.2) is 0 Å². The van der Waals surface area contributed by atoms with Crippen molar-refractivity contribution in [1.29, 1.82) is 0 Å². The van der Waals surface area contributed by atoms with Crippen LogP contribution >= 0.6 is 0 Å². The molecule has 16 heavy (non-hydrogen) atoms. The van der Waals surface area contributed by atoms with E-state index in [1.807, 2.05) is 0 Å². The van der Waals surface area contributed by atoms with Gasteiger partial charge in [-0.25, -0.2) is 9.97 Å². The lowest BCUT2D eigenvalue weighted by molar-refractivity contribution is -0.116. The Labute approximate surface area is 96.1 Å². The van der Waals surface area contributed by atoms with Crippen LogP contribution in [0.3, 0.4) is 0 Å². The number of aromatic nitrogens is 2. The molecule has 0 N–H and O–H groups in total. The van der Waals surface area contributed by atoms with Gasteiger partial charge in [-0.15, -0.1) is 0 Å². The first-order valence-electron chi connectivity index (χ1n) is 5.41. The predicted molar refractivity (Wildman–Crippen MR) is 64.7 cm³/mol. The van der Waals surface area contributed by atoms with Gasteiger partial charge in [-0.2, -0.15) is 0 Å². The molecule has 0 atom stereocenters. The smallest absolute Gasteiger partial charge is 0.225 e. The average molecular weight is 222 g/mol. The number of amides is 1. The highest BCUT2D eigenvalue weighted by molar-refractivity contribution is 5.90. The molecular formula is C11H18N4O. The molecule has 1 rings (SSSR count). The highest BCUT2D eigenvalue weighted by atomic mass is 16.2. The topological polar surface area (TPSA) is 49.3 Å². The fraction of sp³-hybridized carbons (Fsp3) is 0.545. The number of carbonyl (C=O) groups is 1. The van der Waals surface area contributed by atoms with Crippen molar-refractivity contribution in [3.8, 4) is 0 Å². The fourth-order valence-corrected chi connectivity index (χ4v) is 1.34. The second-order valence-corrected chi connectivity index (χ2v) is 3.49. The Bertz CT molecular complexity index is 346. The summed E-state index contributed by atoms with van der Waals surface area (Å²) in [4.78, 5) is 23.2. The van der Waals surface area contributed by atoms with Crippen molar-refractivity contribution in [3.63, 3.8) is 0 Å². The van der Waals surface area contributed by atoms with E-state index in [1.165, 1.54) is 11.8 Å². The summed E-state index contributed by atoms with van der Waals surface area (Å²) in [6, 6.07) is 0. The lowest BCUT2D eigenvalue weighted by atomic mass is 10.4. The van der Waals surface area contributed by atoms with Crippen LogP contribution in [0, 0.1) is 0 Å². The van der Waals surface area contributed by atoms with E-state index in [4.69, 9.17) is 0 Å². The SMILES string of the molecule is CCN(CC)c1ncc(N(C)C(C)=O)cn1. The van der Waals surface area contributed by atoms with Gasteiger partial charge in [0.25, 0.3) is 0 Å². The molecule has 0 fully saturated rings. The van der Waals surface area contributed by atoms with Crippen LogP contribution in [0.2, 0.25) is 0 Å². The number of anilines is 2. The summed E-state index contributed by atoms with van der Waals surface area (Å²) >= 11 is 0. The van der Waals surface area contributed by atoms with Gasteiger partial charge in [0.2, 0.25) is 11.9 Å². The van der Waals surface area contributed by atoms with Crippen molar-refractivity contribution in [2.45, 2.75) is 20.8 Å². The van der Waals surface area contributed by atoms with Crippen LogP contribution in [-0.4, -0.2) is 36.0 Å². The maximum atomic E-state index is 11.1. The van der Waals surface area contributed by atoms with E-state index in [-0.39, 0.29) is 5.91 Å². The largest absolute Gasteiger partial charge is 0.341 e. The van der Waals surface area contributed by atoms with Crippen molar-refractivity contribution in [3.05, 3.63) is 12.4 Å². The highest BCUT2D eigenvalue weighted by Gasteiger charge is 2.08. The monoisotopic (exact) mass is 222 g/mol. The molecule has 5 heteroatoms. The van der Waals surface area contributed by atoms with Gasteiger partial charge in [-0.05, 0) is 13.8 Å². The summed E-state index contributed by atoms with van der Waals surface area (Å²) in [5.74, 6) is 0.671. The molecule has 0 bridgehead atoms. The molecule has 0 saturated carbocycles. The van der Waals surface area contributed by atoms with Crippen LogP contribution < -0.4 is 9.80 Å². The third-order valence-corrected chi connectivity index (χ3v) is 2.53. The number of hydrogen-bond donors (Lipinski definition) is 0. The molecule has 0 spiro atoms. The van der Waals surface area contributed by atoms with Crippen LogP contribution in [0.15, 0.2) is 12.4 Å². The van der Waals surface area contributed by atoms with Crippen LogP contribution in [-0.2, 0) is 4.79 Å². The quantitative estimate of drug-likeness (QED) is 0.770. The molecule has 0 aromatic carbocycles. The summed E-state index contributed by atoms with van der Waals surface area (Å²) < 4.78 is 0. The molecule has 1 amide bonds. The van der Waals surface area contributed by atoms with Crippen LogP contribution in [0.1, 0.15) is 20.8 Å². The Morgan fingerprint density at radius 1 is 1.25 bits per heavy atom. The summed E-state index contributed by atoms with van der Waals surface area (Å²) in [6.07, 6.45) is 3.34. The highest BCUT2D eigenvalue weighted by Crippen LogP contribution is 2.13. The molecule has 88 valence electrons. The second kappa shape index (κ2) is 5.44. The fourth-order valence-electron chi connectivity index (χ4n) is 1.34. The van der Waals surface area contributed by atoms with Gasteiger partial charge in [0.05, 0.1) is 18.1 Å². The number of hydrogen-bond acceptors (Lipinski definition) is 4. The van der Waals surface area contributed by atoms with E-state index in [2.05, 4.69) is 28.7 Å². The van der Waals surface area contributed by atoms with Crippen molar-refractivity contribution >= 4 is 17.5 Å². The summed E-state index contributed by atoms with van der Waals surface area (Å²) in [5, 5.41) is 0. The molecular weight excluding hydrogens is 204 g/mol. The first-order valence-corrected chi connectivity index (χ1v) is 5.41. The Morgan fingerprint density at radius 2 is 1.75 bits per heavy atom. The zero-order valence-electron chi connectivity index (χ0n) is 10.3. The molecule has 1 aromatic rings. The maximum Gasteiger partial charge on any atom is 0.225 e. The maximum absolute atomic E-state index is 11.1. The molecule has 5 nitrogen and oxygen atoms in total. The van der Waals surface area contributed by atoms with E-state index in [9.17, 15) is 4.79 Å². The molecule has 1 aromatic heterocycles. The number of nitrogens with zero attached hydrogens (tertiary/aromatic N) is 4. The van der Waals surface area contributed by atoms with E-state index in [0.717, 1.165) is 13.1 Å². The average Bonchev–Trinajstić information content (AvgIpc) is 2.30. The molecule has 0 aliphatic rings. The molecule has 1 heterocycles. The zero-order valence-corrected chi connectivity index (χ0v) is 10.3. The van der Waals surface area contributed by atoms with Gasteiger partial charge in [-0.3, -0.25) is 4.79 Å². The lowest BCUT2D eigenvalue weighted by Crippen LogP contribution is -2.26. The summed E-state index contributed by atoms with van der Waals surface area (Å²) in [5.41, 5.74) is 0.711. The second-order valence-electron chi connectivity index (χ2n) is 3.49. The van der Waals surface area contributed by atoms with E-state index >= 15 is 0 Å². The standard InChI is InChI=1S/C11H18N4O/c1-5-15(6-2)11-12-7-10(8-13-11)14(4)9(3)16/h7-8H,5-6H2,1-4H3. The summed E-state index contributed by atoms with van der Waals surface area (Å²) in [6.45, 7) is 7.38. The first-order chi connectivity index (χ1) is 7.60. The molecule has 0 unspecified atom stereocenters. The van der Waals surface area contributed by atoms with Gasteiger partial charge < -0.3 is 9.80 Å². The third-order valence-electron chi connectivity index (χ3n) is 2.53. The van der Waals surface area contributed by atoms with E-state index in [1.54, 1.807) is 19.4 Å². The van der Waals surface area contributed by atoms with Gasteiger partial charge in [0.1, 0.15) is 0 Å². The van der Waals surface area contributed by atoms with Crippen molar-refractivity contribution < 1.29 is 4.79 Å². The minimum absolute atomic E-state index is 0.0285. The van der Waals surface area contributed by atoms with Gasteiger partial charge >= 0.3 is 0 Å². The molecule has 0 aliphatic carbocycles. The molecule has 0 aliphatic heterocycles. The van der Waals surface area contributed by atoms with Crippen LogP contribution in [0.5, 0.6) is 0 Å². The minimum atomic E-state index is -0.0285.